The van der Waals surface area contributed by atoms with E-state index in [1.165, 1.54) is 0 Å². The van der Waals surface area contributed by atoms with Gasteiger partial charge >= 0.3 is 5.97 Å². The molecule has 118 valence electrons. The average Bonchev–Trinajstić information content (AvgIpc) is 2.45. The topological polar surface area (TPSA) is 55.8 Å². The van der Waals surface area contributed by atoms with Crippen LogP contribution in [0.2, 0.25) is 0 Å². The quantitative estimate of drug-likeness (QED) is 0.754. The van der Waals surface area contributed by atoms with Gasteiger partial charge < -0.3 is 14.6 Å². The Hall–Kier alpha value is -1.55. The van der Waals surface area contributed by atoms with Gasteiger partial charge in [-0.1, -0.05) is 32.4 Å². The first-order valence-corrected chi connectivity index (χ1v) is 7.41. The summed E-state index contributed by atoms with van der Waals surface area (Å²) in [6, 6.07) is 7.60. The molecular weight excluding hydrogens is 268 g/mol. The van der Waals surface area contributed by atoms with Crippen molar-refractivity contribution in [1.82, 2.24) is 0 Å². The third-order valence-corrected chi connectivity index (χ3v) is 3.61. The summed E-state index contributed by atoms with van der Waals surface area (Å²) < 4.78 is 10.8. The molecule has 21 heavy (non-hydrogen) atoms. The van der Waals surface area contributed by atoms with Gasteiger partial charge in [0.25, 0.3) is 0 Å². The van der Waals surface area contributed by atoms with Gasteiger partial charge in [-0.05, 0) is 37.0 Å². The van der Waals surface area contributed by atoms with Crippen LogP contribution in [0, 0.1) is 11.8 Å². The van der Waals surface area contributed by atoms with E-state index in [0.717, 1.165) is 17.7 Å². The van der Waals surface area contributed by atoms with Gasteiger partial charge in [-0.25, -0.2) is 0 Å². The zero-order chi connectivity index (χ0) is 15.8. The van der Waals surface area contributed by atoms with E-state index in [-0.39, 0.29) is 6.10 Å². The molecule has 4 nitrogen and oxygen atoms in total. The molecule has 0 aliphatic heterocycles. The van der Waals surface area contributed by atoms with E-state index in [1.807, 2.05) is 31.2 Å². The van der Waals surface area contributed by atoms with E-state index < -0.39 is 11.9 Å². The number of ether oxygens (including phenoxy) is 2. The summed E-state index contributed by atoms with van der Waals surface area (Å²) in [5, 5.41) is 9.33. The Balaban J connectivity index is 2.51. The Labute approximate surface area is 127 Å². The lowest BCUT2D eigenvalue weighted by atomic mass is 9.94. The molecule has 0 amide bonds. The fraction of sp³-hybridized carbons (Fsp3) is 0.588. The minimum absolute atomic E-state index is 0.302. The maximum atomic E-state index is 11.4. The van der Waals surface area contributed by atoms with Crippen LogP contribution in [0.15, 0.2) is 24.3 Å². The molecule has 0 aromatic heterocycles. The molecule has 0 fully saturated rings. The largest absolute Gasteiger partial charge is 0.497 e. The first-order valence-electron chi connectivity index (χ1n) is 7.41. The van der Waals surface area contributed by atoms with Crippen molar-refractivity contribution in [1.29, 1.82) is 0 Å². The summed E-state index contributed by atoms with van der Waals surface area (Å²) >= 11 is 0. The molecule has 0 aliphatic rings. The van der Waals surface area contributed by atoms with Gasteiger partial charge in [0.05, 0.1) is 25.7 Å². The van der Waals surface area contributed by atoms with E-state index >= 15 is 0 Å². The lowest BCUT2D eigenvalue weighted by Gasteiger charge is -2.21. The maximum absolute atomic E-state index is 11.4. The van der Waals surface area contributed by atoms with Crippen LogP contribution in [0.5, 0.6) is 5.75 Å². The Bertz CT molecular complexity index is 425. The average molecular weight is 294 g/mol. The summed E-state index contributed by atoms with van der Waals surface area (Å²) in [5.74, 6) is 0.0660. The molecule has 0 radical (unpaired) electrons. The van der Waals surface area contributed by atoms with Crippen molar-refractivity contribution in [3.05, 3.63) is 29.8 Å². The minimum atomic E-state index is -0.780. The number of aliphatic carboxylic acids is 1. The highest BCUT2D eigenvalue weighted by atomic mass is 16.5. The van der Waals surface area contributed by atoms with Crippen molar-refractivity contribution >= 4 is 5.97 Å². The van der Waals surface area contributed by atoms with Crippen LogP contribution in [0.3, 0.4) is 0 Å². The maximum Gasteiger partial charge on any atom is 0.309 e. The second-order valence-electron chi connectivity index (χ2n) is 5.78. The molecule has 1 N–H and O–H groups in total. The van der Waals surface area contributed by atoms with Crippen LogP contribution in [0.1, 0.15) is 39.2 Å². The second-order valence-corrected chi connectivity index (χ2v) is 5.78. The van der Waals surface area contributed by atoms with Crippen molar-refractivity contribution in [3.63, 3.8) is 0 Å². The smallest absolute Gasteiger partial charge is 0.309 e. The number of carboxylic acids is 1. The number of hydrogen-bond acceptors (Lipinski definition) is 3. The monoisotopic (exact) mass is 294 g/mol. The Morgan fingerprint density at radius 2 is 1.76 bits per heavy atom. The summed E-state index contributed by atoms with van der Waals surface area (Å²) in [6.07, 6.45) is 1.24. The lowest BCUT2D eigenvalue weighted by Crippen LogP contribution is -2.28. The molecule has 0 bridgehead atoms. The Kier molecular flexibility index (Phi) is 7.23. The SMILES string of the molecule is COc1ccc(CO[C@@H](C)[C@H](CCC(C)C)C(=O)O)cc1. The molecule has 1 aromatic rings. The first-order chi connectivity index (χ1) is 9.93. The van der Waals surface area contributed by atoms with E-state index in [9.17, 15) is 9.90 Å². The van der Waals surface area contributed by atoms with Crippen LogP contribution < -0.4 is 4.74 Å². The zero-order valence-electron chi connectivity index (χ0n) is 13.3. The molecule has 0 saturated heterocycles. The predicted molar refractivity (Wildman–Crippen MR) is 82.4 cm³/mol. The Morgan fingerprint density at radius 1 is 1.14 bits per heavy atom. The third kappa shape index (κ3) is 6.17. The van der Waals surface area contributed by atoms with Gasteiger partial charge in [-0.2, -0.15) is 0 Å². The van der Waals surface area contributed by atoms with Crippen molar-refractivity contribution in [3.8, 4) is 5.75 Å². The van der Waals surface area contributed by atoms with Crippen LogP contribution >= 0.6 is 0 Å². The van der Waals surface area contributed by atoms with Gasteiger partial charge in [0.1, 0.15) is 5.75 Å². The lowest BCUT2D eigenvalue weighted by molar-refractivity contribution is -0.148. The van der Waals surface area contributed by atoms with Gasteiger partial charge in [-0.15, -0.1) is 0 Å². The highest BCUT2D eigenvalue weighted by molar-refractivity contribution is 5.70. The van der Waals surface area contributed by atoms with E-state index in [2.05, 4.69) is 13.8 Å². The van der Waals surface area contributed by atoms with Crippen LogP contribution in [-0.2, 0) is 16.1 Å². The molecule has 0 unspecified atom stereocenters. The summed E-state index contributed by atoms with van der Waals surface area (Å²) in [4.78, 5) is 11.4. The number of carboxylic acid groups (broad SMARTS) is 1. The van der Waals surface area contributed by atoms with Gasteiger partial charge in [0, 0.05) is 0 Å². The molecule has 0 saturated carbocycles. The number of rotatable bonds is 9. The summed E-state index contributed by atoms with van der Waals surface area (Å²) in [5.41, 5.74) is 1.01. The molecule has 0 spiro atoms. The van der Waals surface area contributed by atoms with Crippen LogP contribution in [0.4, 0.5) is 0 Å². The standard InChI is InChI=1S/C17H26O4/c1-12(2)5-10-16(17(18)19)13(3)21-11-14-6-8-15(20-4)9-7-14/h6-9,12-13,16H,5,10-11H2,1-4H3,(H,18,19)/t13-,16-/m0/s1. The fourth-order valence-corrected chi connectivity index (χ4v) is 2.14. The number of methoxy groups -OCH3 is 1. The Morgan fingerprint density at radius 3 is 2.24 bits per heavy atom. The molecule has 0 aliphatic carbocycles. The van der Waals surface area contributed by atoms with Gasteiger partial charge in [0.2, 0.25) is 0 Å². The van der Waals surface area contributed by atoms with E-state index in [1.54, 1.807) is 7.11 Å². The van der Waals surface area contributed by atoms with Gasteiger partial charge in [-0.3, -0.25) is 4.79 Å². The third-order valence-electron chi connectivity index (χ3n) is 3.61. The van der Waals surface area contributed by atoms with Crippen molar-refractivity contribution in [2.45, 2.75) is 46.3 Å². The normalized spacial score (nSPS) is 14.0. The number of hydrogen-bond donors (Lipinski definition) is 1. The van der Waals surface area contributed by atoms with Crippen LogP contribution in [0.25, 0.3) is 0 Å². The molecule has 4 heteroatoms. The zero-order valence-corrected chi connectivity index (χ0v) is 13.3. The fourth-order valence-electron chi connectivity index (χ4n) is 2.14. The molecule has 1 aromatic carbocycles. The highest BCUT2D eigenvalue weighted by Gasteiger charge is 2.25. The van der Waals surface area contributed by atoms with E-state index in [0.29, 0.717) is 18.9 Å². The van der Waals surface area contributed by atoms with Crippen molar-refractivity contribution in [2.24, 2.45) is 11.8 Å². The number of benzene rings is 1. The minimum Gasteiger partial charge on any atom is -0.497 e. The molecule has 0 heterocycles. The summed E-state index contributed by atoms with van der Waals surface area (Å²) in [6.45, 7) is 6.45. The molecule has 2 atom stereocenters. The van der Waals surface area contributed by atoms with Crippen molar-refractivity contribution in [2.75, 3.05) is 7.11 Å². The van der Waals surface area contributed by atoms with Crippen LogP contribution in [-0.4, -0.2) is 24.3 Å². The molecular formula is C17H26O4. The predicted octanol–water partition coefficient (Wildman–Crippen LogP) is 3.74. The highest BCUT2D eigenvalue weighted by Crippen LogP contribution is 2.20. The number of carbonyl (C=O) groups is 1. The second kappa shape index (κ2) is 8.67. The van der Waals surface area contributed by atoms with Gasteiger partial charge in [0.15, 0.2) is 0 Å². The van der Waals surface area contributed by atoms with Crippen molar-refractivity contribution < 1.29 is 19.4 Å². The van der Waals surface area contributed by atoms with E-state index in [4.69, 9.17) is 9.47 Å². The first kappa shape index (κ1) is 17.5. The summed E-state index contributed by atoms with van der Waals surface area (Å²) in [7, 11) is 1.62. The molecule has 1 rings (SSSR count).